The van der Waals surface area contributed by atoms with Crippen LogP contribution in [0.4, 0.5) is 0 Å². The van der Waals surface area contributed by atoms with Crippen LogP contribution in [-0.4, -0.2) is 37.0 Å². The van der Waals surface area contributed by atoms with Gasteiger partial charge in [0.1, 0.15) is 0 Å². The highest BCUT2D eigenvalue weighted by Crippen LogP contribution is 2.22. The molecule has 5 heteroatoms. The molecule has 1 aliphatic rings. The Bertz CT molecular complexity index is 473. The monoisotopic (exact) mass is 374 g/mol. The van der Waals surface area contributed by atoms with Crippen molar-refractivity contribution in [2.24, 2.45) is 5.92 Å². The fourth-order valence-corrected chi connectivity index (χ4v) is 3.04. The van der Waals surface area contributed by atoms with Crippen molar-refractivity contribution in [1.29, 1.82) is 0 Å². The topological polar surface area (TPSA) is 32.3 Å². The molecule has 0 aliphatic carbocycles. The second-order valence-electron chi connectivity index (χ2n) is 5.50. The smallest absolute Gasteiger partial charge is 0.254 e. The van der Waals surface area contributed by atoms with Gasteiger partial charge in [-0.15, -0.1) is 12.4 Å². The van der Waals surface area contributed by atoms with E-state index in [1.165, 1.54) is 0 Å². The molecule has 1 N–H and O–H groups in total. The van der Waals surface area contributed by atoms with E-state index in [4.69, 9.17) is 0 Å². The average Bonchev–Trinajstić information content (AvgIpc) is 2.47. The molecule has 21 heavy (non-hydrogen) atoms. The Morgan fingerprint density at radius 1 is 1.38 bits per heavy atom. The van der Waals surface area contributed by atoms with Crippen molar-refractivity contribution in [3.05, 3.63) is 33.8 Å². The molecule has 1 aromatic carbocycles. The average molecular weight is 376 g/mol. The molecule has 0 radical (unpaired) electrons. The van der Waals surface area contributed by atoms with E-state index in [0.29, 0.717) is 5.92 Å². The molecule has 1 fully saturated rings. The maximum Gasteiger partial charge on any atom is 0.254 e. The van der Waals surface area contributed by atoms with E-state index in [9.17, 15) is 4.79 Å². The number of nitrogens with zero attached hydrogens (tertiary/aromatic N) is 1. The van der Waals surface area contributed by atoms with Crippen molar-refractivity contribution in [1.82, 2.24) is 10.2 Å². The molecule has 1 amide bonds. The van der Waals surface area contributed by atoms with E-state index in [2.05, 4.69) is 28.2 Å². The third-order valence-electron chi connectivity index (χ3n) is 4.01. The number of piperidine rings is 1. The third kappa shape index (κ3) is 4.97. The highest BCUT2D eigenvalue weighted by molar-refractivity contribution is 9.10. The Labute approximate surface area is 142 Å². The van der Waals surface area contributed by atoms with Crippen LogP contribution < -0.4 is 5.32 Å². The fraction of sp³-hybridized carbons (Fsp3) is 0.562. The zero-order valence-corrected chi connectivity index (χ0v) is 15.1. The summed E-state index contributed by atoms with van der Waals surface area (Å²) in [5, 5.41) is 3.40. The number of hydrogen-bond acceptors (Lipinski definition) is 2. The normalized spacial score (nSPS) is 15.7. The molecular weight excluding hydrogens is 352 g/mol. The van der Waals surface area contributed by atoms with Crippen LogP contribution in [0.1, 0.15) is 35.7 Å². The zero-order chi connectivity index (χ0) is 14.5. The van der Waals surface area contributed by atoms with Gasteiger partial charge in [0.05, 0.1) is 0 Å². The third-order valence-corrected chi connectivity index (χ3v) is 4.51. The molecule has 0 aromatic heterocycles. The number of hydrogen-bond donors (Lipinski definition) is 1. The largest absolute Gasteiger partial charge is 0.339 e. The lowest BCUT2D eigenvalue weighted by molar-refractivity contribution is 0.0689. The lowest BCUT2D eigenvalue weighted by Gasteiger charge is -2.32. The number of carbonyl (C=O) groups excluding carboxylic acids is 1. The SMILES string of the molecule is CCNCC1CCN(C(=O)c2cc(Br)ccc2C)CC1.Cl. The first kappa shape index (κ1) is 18.5. The van der Waals surface area contributed by atoms with Crippen molar-refractivity contribution in [2.75, 3.05) is 26.2 Å². The minimum absolute atomic E-state index is 0. The van der Waals surface area contributed by atoms with Gasteiger partial charge in [0.2, 0.25) is 0 Å². The van der Waals surface area contributed by atoms with Crippen molar-refractivity contribution in [3.63, 3.8) is 0 Å². The van der Waals surface area contributed by atoms with Crippen LogP contribution >= 0.6 is 28.3 Å². The maximum absolute atomic E-state index is 12.6. The molecule has 0 bridgehead atoms. The summed E-state index contributed by atoms with van der Waals surface area (Å²) in [4.78, 5) is 14.6. The highest BCUT2D eigenvalue weighted by atomic mass is 79.9. The van der Waals surface area contributed by atoms with Crippen LogP contribution in [0.25, 0.3) is 0 Å². The number of aryl methyl sites for hydroxylation is 1. The lowest BCUT2D eigenvalue weighted by Crippen LogP contribution is -2.41. The Balaban J connectivity index is 0.00000220. The summed E-state index contributed by atoms with van der Waals surface area (Å²) in [6, 6.07) is 5.91. The number of halogens is 2. The van der Waals surface area contributed by atoms with Crippen LogP contribution in [0.5, 0.6) is 0 Å². The van der Waals surface area contributed by atoms with Gasteiger partial charge in [-0.2, -0.15) is 0 Å². The van der Waals surface area contributed by atoms with E-state index in [0.717, 1.165) is 54.6 Å². The zero-order valence-electron chi connectivity index (χ0n) is 12.7. The van der Waals surface area contributed by atoms with Crippen molar-refractivity contribution >= 4 is 34.2 Å². The summed E-state index contributed by atoms with van der Waals surface area (Å²) in [6.45, 7) is 7.98. The number of rotatable bonds is 4. The standard InChI is InChI=1S/C16H23BrN2O.ClH/c1-3-18-11-13-6-8-19(9-7-13)16(20)15-10-14(17)5-4-12(15)2;/h4-5,10,13,18H,3,6-9,11H2,1-2H3;1H. The van der Waals surface area contributed by atoms with Crippen LogP contribution in [0.3, 0.4) is 0 Å². The van der Waals surface area contributed by atoms with Gasteiger partial charge in [-0.1, -0.05) is 28.9 Å². The van der Waals surface area contributed by atoms with Gasteiger partial charge in [0.15, 0.2) is 0 Å². The van der Waals surface area contributed by atoms with Crippen molar-refractivity contribution in [2.45, 2.75) is 26.7 Å². The van der Waals surface area contributed by atoms with Gasteiger partial charge in [0.25, 0.3) is 5.91 Å². The van der Waals surface area contributed by atoms with Crippen molar-refractivity contribution < 1.29 is 4.79 Å². The molecule has 0 saturated carbocycles. The van der Waals surface area contributed by atoms with Gasteiger partial charge < -0.3 is 10.2 Å². The Morgan fingerprint density at radius 3 is 2.67 bits per heavy atom. The van der Waals surface area contributed by atoms with Gasteiger partial charge in [0, 0.05) is 23.1 Å². The van der Waals surface area contributed by atoms with Gasteiger partial charge >= 0.3 is 0 Å². The minimum atomic E-state index is 0. The molecule has 0 unspecified atom stereocenters. The number of likely N-dealkylation sites (tertiary alicyclic amines) is 1. The van der Waals surface area contributed by atoms with E-state index in [-0.39, 0.29) is 18.3 Å². The number of nitrogens with one attached hydrogen (secondary N) is 1. The van der Waals surface area contributed by atoms with Crippen LogP contribution in [-0.2, 0) is 0 Å². The molecule has 0 spiro atoms. The summed E-state index contributed by atoms with van der Waals surface area (Å²) in [7, 11) is 0. The van der Waals surface area contributed by atoms with E-state index in [1.54, 1.807) is 0 Å². The quantitative estimate of drug-likeness (QED) is 0.871. The molecular formula is C16H24BrClN2O. The molecule has 2 rings (SSSR count). The maximum atomic E-state index is 12.6. The molecule has 1 aliphatic heterocycles. The van der Waals surface area contributed by atoms with Crippen LogP contribution in [0, 0.1) is 12.8 Å². The van der Waals surface area contributed by atoms with Gasteiger partial charge in [-0.25, -0.2) is 0 Å². The molecule has 0 atom stereocenters. The lowest BCUT2D eigenvalue weighted by atomic mass is 9.96. The summed E-state index contributed by atoms with van der Waals surface area (Å²) in [6.07, 6.45) is 2.21. The van der Waals surface area contributed by atoms with Crippen LogP contribution in [0.2, 0.25) is 0 Å². The Hall–Kier alpha value is -0.580. The van der Waals surface area contributed by atoms with E-state index in [1.807, 2.05) is 30.0 Å². The first-order chi connectivity index (χ1) is 9.61. The predicted octanol–water partition coefficient (Wildman–Crippen LogP) is 3.64. The minimum Gasteiger partial charge on any atom is -0.339 e. The van der Waals surface area contributed by atoms with E-state index >= 15 is 0 Å². The highest BCUT2D eigenvalue weighted by Gasteiger charge is 2.24. The van der Waals surface area contributed by atoms with Crippen molar-refractivity contribution in [3.8, 4) is 0 Å². The Kier molecular flexibility index (Phi) is 7.71. The number of amides is 1. The first-order valence-electron chi connectivity index (χ1n) is 7.38. The van der Waals surface area contributed by atoms with Gasteiger partial charge in [-0.3, -0.25) is 4.79 Å². The van der Waals surface area contributed by atoms with E-state index < -0.39 is 0 Å². The van der Waals surface area contributed by atoms with Gasteiger partial charge in [-0.05, 0) is 56.5 Å². The molecule has 1 aromatic rings. The fourth-order valence-electron chi connectivity index (χ4n) is 2.68. The number of benzene rings is 1. The molecule has 1 heterocycles. The molecule has 1 saturated heterocycles. The summed E-state index contributed by atoms with van der Waals surface area (Å²) in [5.41, 5.74) is 1.87. The molecule has 118 valence electrons. The molecule has 3 nitrogen and oxygen atoms in total. The second kappa shape index (κ2) is 8.76. The predicted molar refractivity (Wildman–Crippen MR) is 93.3 cm³/mol. The number of carbonyl (C=O) groups is 1. The first-order valence-corrected chi connectivity index (χ1v) is 8.17. The summed E-state index contributed by atoms with van der Waals surface area (Å²) in [5.74, 6) is 0.883. The van der Waals surface area contributed by atoms with Crippen LogP contribution in [0.15, 0.2) is 22.7 Å². The Morgan fingerprint density at radius 2 is 2.05 bits per heavy atom. The second-order valence-corrected chi connectivity index (χ2v) is 6.42. The summed E-state index contributed by atoms with van der Waals surface area (Å²) >= 11 is 3.45. The summed E-state index contributed by atoms with van der Waals surface area (Å²) < 4.78 is 0.966.